The predicted octanol–water partition coefficient (Wildman–Crippen LogP) is 1.13. The third-order valence-corrected chi connectivity index (χ3v) is 4.50. The van der Waals surface area contributed by atoms with Gasteiger partial charge in [0.05, 0.1) is 6.61 Å². The van der Waals surface area contributed by atoms with Gasteiger partial charge in [-0.2, -0.15) is 0 Å². The second-order valence-corrected chi connectivity index (χ2v) is 8.53. The molecule has 0 aliphatic carbocycles. The van der Waals surface area contributed by atoms with Crippen molar-refractivity contribution in [3.8, 4) is 0 Å². The number of ether oxygens (including phenoxy) is 1. The first-order valence-electron chi connectivity index (χ1n) is 5.82. The third-order valence-electron chi connectivity index (χ3n) is 1.95. The molecule has 0 spiro atoms. The summed E-state index contributed by atoms with van der Waals surface area (Å²) in [5, 5.41) is 0. The Kier molecular flexibility index (Phi) is 11.5. The van der Waals surface area contributed by atoms with Gasteiger partial charge >= 0.3 is 12.1 Å². The highest BCUT2D eigenvalue weighted by Gasteiger charge is 2.24. The highest BCUT2D eigenvalue weighted by Crippen LogP contribution is 2.20. The van der Waals surface area contributed by atoms with Crippen LogP contribution in [0.4, 0.5) is 9.59 Å². The topological polar surface area (TPSA) is 131 Å². The van der Waals surface area contributed by atoms with Crippen molar-refractivity contribution in [3.05, 3.63) is 0 Å². The van der Waals surface area contributed by atoms with Gasteiger partial charge in [-0.3, -0.25) is 0 Å². The van der Waals surface area contributed by atoms with Crippen LogP contribution in [0.3, 0.4) is 0 Å². The second kappa shape index (κ2) is 10.8. The molecule has 0 aromatic carbocycles. The van der Waals surface area contributed by atoms with Crippen molar-refractivity contribution in [1.82, 2.24) is 0 Å². The van der Waals surface area contributed by atoms with E-state index in [-0.39, 0.29) is 0 Å². The number of primary amides is 3. The van der Waals surface area contributed by atoms with E-state index in [1.165, 1.54) is 18.9 Å². The molecule has 0 aromatic rings. The van der Waals surface area contributed by atoms with Crippen LogP contribution >= 0.6 is 0 Å². The zero-order valence-electron chi connectivity index (χ0n) is 11.4. The van der Waals surface area contributed by atoms with Gasteiger partial charge in [0, 0.05) is 6.61 Å². The molecule has 6 N–H and O–H groups in total. The monoisotopic (exact) mass is 279 g/mol. The molecule has 0 aromatic heterocycles. The Hall–Kier alpha value is -1.28. The van der Waals surface area contributed by atoms with Gasteiger partial charge in [0.15, 0.2) is 8.32 Å². The molecule has 108 valence electrons. The molecular formula is C10H25N3O4Si. The molecular weight excluding hydrogens is 254 g/mol. The van der Waals surface area contributed by atoms with Gasteiger partial charge in [0.2, 0.25) is 0 Å². The summed E-state index contributed by atoms with van der Waals surface area (Å²) < 4.78 is 9.78. The van der Waals surface area contributed by atoms with E-state index in [2.05, 4.69) is 35.0 Å². The van der Waals surface area contributed by atoms with Crippen molar-refractivity contribution in [2.24, 2.45) is 17.2 Å². The van der Waals surface area contributed by atoms with E-state index in [9.17, 15) is 4.79 Å². The molecule has 18 heavy (non-hydrogen) atoms. The van der Waals surface area contributed by atoms with E-state index >= 15 is 0 Å². The van der Waals surface area contributed by atoms with Gasteiger partial charge in [-0.15, -0.1) is 0 Å². The van der Waals surface area contributed by atoms with Crippen molar-refractivity contribution in [2.45, 2.75) is 38.9 Å². The van der Waals surface area contributed by atoms with Crippen LogP contribution in [0.15, 0.2) is 0 Å². The molecule has 0 saturated carbocycles. The van der Waals surface area contributed by atoms with Crippen LogP contribution in [0.25, 0.3) is 0 Å². The Labute approximate surface area is 109 Å². The number of hydrogen-bond acceptors (Lipinski definition) is 4. The molecule has 1 fully saturated rings. The van der Waals surface area contributed by atoms with Crippen LogP contribution in [0.2, 0.25) is 19.1 Å². The molecule has 7 nitrogen and oxygen atoms in total. The van der Waals surface area contributed by atoms with Gasteiger partial charge in [0.1, 0.15) is 0 Å². The summed E-state index contributed by atoms with van der Waals surface area (Å²) in [6.07, 6.45) is 1.98. The van der Waals surface area contributed by atoms with E-state index in [4.69, 9.17) is 9.22 Å². The lowest BCUT2D eigenvalue weighted by atomic mass is 10.4. The fraction of sp³-hybridized carbons (Fsp3) is 0.800. The van der Waals surface area contributed by atoms with Gasteiger partial charge in [-0.05, 0) is 32.5 Å². The summed E-state index contributed by atoms with van der Waals surface area (Å²) in [5.74, 6) is 0. The van der Waals surface area contributed by atoms with E-state index in [1.54, 1.807) is 6.92 Å². The SMILES string of the molecule is CCOC(N)=O.C[Si]1(C)CCCCO1.NC(N)=O. The van der Waals surface area contributed by atoms with Gasteiger partial charge in [-0.25, -0.2) is 9.59 Å². The number of hydrogen-bond donors (Lipinski definition) is 3. The summed E-state index contributed by atoms with van der Waals surface area (Å²) in [6.45, 7) is 7.68. The van der Waals surface area contributed by atoms with E-state index < -0.39 is 20.4 Å². The van der Waals surface area contributed by atoms with Crippen molar-refractivity contribution in [2.75, 3.05) is 13.2 Å². The van der Waals surface area contributed by atoms with E-state index in [0.717, 1.165) is 6.61 Å². The van der Waals surface area contributed by atoms with Gasteiger partial charge in [0.25, 0.3) is 0 Å². The highest BCUT2D eigenvalue weighted by molar-refractivity contribution is 6.71. The molecule has 3 amide bonds. The molecule has 0 unspecified atom stereocenters. The third kappa shape index (κ3) is 20.2. The molecule has 1 aliphatic rings. The quantitative estimate of drug-likeness (QED) is 0.621. The normalized spacial score (nSPS) is 16.2. The first kappa shape index (κ1) is 19.1. The number of nitrogens with two attached hydrogens (primary N) is 3. The van der Waals surface area contributed by atoms with Gasteiger partial charge < -0.3 is 26.4 Å². The average Bonchev–Trinajstić information content (AvgIpc) is 2.16. The average molecular weight is 279 g/mol. The number of carbonyl (C=O) groups excluding carboxylic acids is 2. The van der Waals surface area contributed by atoms with Crippen LogP contribution in [0.5, 0.6) is 0 Å². The number of rotatable bonds is 1. The minimum absolute atomic E-state index is 0.356. The molecule has 8 heteroatoms. The van der Waals surface area contributed by atoms with Crippen LogP contribution in [-0.2, 0) is 9.16 Å². The molecule has 0 radical (unpaired) electrons. The summed E-state index contributed by atoms with van der Waals surface area (Å²) in [4.78, 5) is 18.6. The van der Waals surface area contributed by atoms with E-state index in [0.29, 0.717) is 6.61 Å². The van der Waals surface area contributed by atoms with Crippen LogP contribution in [-0.4, -0.2) is 33.7 Å². The Morgan fingerprint density at radius 1 is 1.22 bits per heavy atom. The lowest BCUT2D eigenvalue weighted by molar-refractivity contribution is 0.163. The van der Waals surface area contributed by atoms with Crippen molar-refractivity contribution >= 4 is 20.4 Å². The Morgan fingerprint density at radius 3 is 1.83 bits per heavy atom. The van der Waals surface area contributed by atoms with Crippen LogP contribution in [0.1, 0.15) is 19.8 Å². The maximum absolute atomic E-state index is 9.60. The predicted molar refractivity (Wildman–Crippen MR) is 72.5 cm³/mol. The van der Waals surface area contributed by atoms with Crippen molar-refractivity contribution in [3.63, 3.8) is 0 Å². The Morgan fingerprint density at radius 2 is 1.72 bits per heavy atom. The van der Waals surface area contributed by atoms with Crippen LogP contribution in [0, 0.1) is 0 Å². The summed E-state index contributed by atoms with van der Waals surface area (Å²) >= 11 is 0. The largest absolute Gasteiger partial charge is 0.450 e. The molecule has 1 aliphatic heterocycles. The highest BCUT2D eigenvalue weighted by atomic mass is 28.4. The number of urea groups is 1. The first-order chi connectivity index (χ1) is 8.21. The first-order valence-corrected chi connectivity index (χ1v) is 8.94. The van der Waals surface area contributed by atoms with E-state index in [1.807, 2.05) is 0 Å². The van der Waals surface area contributed by atoms with Crippen molar-refractivity contribution < 1.29 is 18.8 Å². The fourth-order valence-electron chi connectivity index (χ4n) is 1.22. The summed E-state index contributed by atoms with van der Waals surface area (Å²) in [6, 6.07) is 0.535. The zero-order chi connectivity index (χ0) is 14.6. The standard InChI is InChI=1S/C6H14OSi.C3H7NO2.CH4N2O/c1-8(2)6-4-3-5-7-8;1-2-6-3(4)5;2-1(3)4/h3-6H2,1-2H3;2H2,1H3,(H2,4,5);(H4,2,3,4). The summed E-state index contributed by atoms with van der Waals surface area (Å²) in [7, 11) is -1.09. The smallest absolute Gasteiger partial charge is 0.404 e. The molecule has 1 rings (SSSR count). The molecule has 0 atom stereocenters. The minimum Gasteiger partial charge on any atom is -0.450 e. The Bertz CT molecular complexity index is 237. The Balaban J connectivity index is 0. The second-order valence-electron chi connectivity index (χ2n) is 4.22. The summed E-state index contributed by atoms with van der Waals surface area (Å²) in [5.41, 5.74) is 13.0. The minimum atomic E-state index is -1.09. The van der Waals surface area contributed by atoms with Crippen molar-refractivity contribution in [1.29, 1.82) is 0 Å². The maximum atomic E-state index is 9.60. The van der Waals surface area contributed by atoms with Gasteiger partial charge in [-0.1, -0.05) is 6.42 Å². The molecule has 1 heterocycles. The number of carbonyl (C=O) groups is 2. The lowest BCUT2D eigenvalue weighted by Gasteiger charge is -2.27. The van der Waals surface area contributed by atoms with Crippen LogP contribution < -0.4 is 17.2 Å². The molecule has 0 bridgehead atoms. The fourth-order valence-corrected chi connectivity index (χ4v) is 3.16. The lowest BCUT2D eigenvalue weighted by Crippen LogP contribution is -2.33. The molecule has 1 saturated heterocycles. The zero-order valence-corrected chi connectivity index (χ0v) is 12.4. The number of amides is 3. The maximum Gasteiger partial charge on any atom is 0.404 e.